The van der Waals surface area contributed by atoms with Gasteiger partial charge in [0, 0.05) is 0 Å². The van der Waals surface area contributed by atoms with Crippen molar-refractivity contribution in [1.29, 1.82) is 0 Å². The molecule has 0 radical (unpaired) electrons. The van der Waals surface area contributed by atoms with Crippen LogP contribution in [-0.2, 0) is 10.3 Å². The van der Waals surface area contributed by atoms with E-state index in [1.807, 2.05) is 13.8 Å². The highest BCUT2D eigenvalue weighted by molar-refractivity contribution is 6.29. The molecule has 1 aromatic rings. The maximum Gasteiger partial charge on any atom is 0.341 e. The summed E-state index contributed by atoms with van der Waals surface area (Å²) in [5.41, 5.74) is 0.563. The van der Waals surface area contributed by atoms with Gasteiger partial charge >= 0.3 is 5.97 Å². The van der Waals surface area contributed by atoms with Crippen LogP contribution >= 0.6 is 11.6 Å². The van der Waals surface area contributed by atoms with Crippen LogP contribution in [0.2, 0.25) is 5.15 Å². The monoisotopic (exact) mass is 211 g/mol. The third-order valence-corrected chi connectivity index (χ3v) is 2.79. The summed E-state index contributed by atoms with van der Waals surface area (Å²) in [5.74, 6) is -0.312. The maximum atomic E-state index is 11.4. The number of rotatable bonds is 1. The Balaban J connectivity index is 2.62. The smallest absolute Gasteiger partial charge is 0.341 e. The maximum absolute atomic E-state index is 11.4. The number of cyclic esters (lactones) is 1. The van der Waals surface area contributed by atoms with Crippen LogP contribution in [-0.4, -0.2) is 11.0 Å². The summed E-state index contributed by atoms with van der Waals surface area (Å²) in [6.07, 6.45) is 0.694. The molecule has 0 amide bonds. The molecule has 0 bridgehead atoms. The van der Waals surface area contributed by atoms with Crippen LogP contribution in [0.1, 0.15) is 36.3 Å². The van der Waals surface area contributed by atoms with E-state index in [0.717, 1.165) is 0 Å². The van der Waals surface area contributed by atoms with Crippen molar-refractivity contribution in [1.82, 2.24) is 4.98 Å². The third-order valence-electron chi connectivity index (χ3n) is 2.57. The molecule has 0 saturated heterocycles. The van der Waals surface area contributed by atoms with Crippen molar-refractivity contribution in [2.45, 2.75) is 25.9 Å². The Kier molecular flexibility index (Phi) is 2.00. The van der Waals surface area contributed by atoms with E-state index in [9.17, 15) is 4.79 Å². The van der Waals surface area contributed by atoms with Crippen LogP contribution in [0.3, 0.4) is 0 Å². The molecule has 1 atom stereocenters. The molecule has 2 rings (SSSR count). The lowest BCUT2D eigenvalue weighted by Gasteiger charge is -2.20. The Bertz CT molecular complexity index is 405. The second-order valence-corrected chi connectivity index (χ2v) is 3.89. The lowest BCUT2D eigenvalue weighted by molar-refractivity contribution is -0.00223. The number of ether oxygens (including phenoxy) is 1. The fraction of sp³-hybridized carbons (Fsp3) is 0.400. The second kappa shape index (κ2) is 2.95. The van der Waals surface area contributed by atoms with E-state index in [2.05, 4.69) is 4.98 Å². The molecule has 0 aliphatic carbocycles. The number of halogens is 1. The van der Waals surface area contributed by atoms with Crippen molar-refractivity contribution in [3.8, 4) is 0 Å². The molecule has 74 valence electrons. The first-order valence-corrected chi connectivity index (χ1v) is 4.85. The Morgan fingerprint density at radius 3 is 2.93 bits per heavy atom. The molecule has 0 N–H and O–H groups in total. The van der Waals surface area contributed by atoms with Gasteiger partial charge in [-0.05, 0) is 25.5 Å². The average Bonchev–Trinajstić information content (AvgIpc) is 2.40. The van der Waals surface area contributed by atoms with Crippen LogP contribution < -0.4 is 0 Å². The summed E-state index contributed by atoms with van der Waals surface area (Å²) in [5, 5.41) is 0.390. The highest BCUT2D eigenvalue weighted by Gasteiger charge is 2.41. The van der Waals surface area contributed by atoms with Gasteiger partial charge in [0.25, 0.3) is 0 Å². The first-order chi connectivity index (χ1) is 6.57. The van der Waals surface area contributed by atoms with Crippen LogP contribution in [0.5, 0.6) is 0 Å². The summed E-state index contributed by atoms with van der Waals surface area (Å²) in [6.45, 7) is 3.80. The molecule has 4 heteroatoms. The minimum Gasteiger partial charge on any atom is -0.449 e. The number of carbonyl (C=O) groups excluding carboxylic acids is 1. The summed E-state index contributed by atoms with van der Waals surface area (Å²) in [4.78, 5) is 15.6. The largest absolute Gasteiger partial charge is 0.449 e. The number of carbonyl (C=O) groups is 1. The van der Waals surface area contributed by atoms with Gasteiger partial charge in [-0.3, -0.25) is 0 Å². The summed E-state index contributed by atoms with van der Waals surface area (Å²) in [6, 6.07) is 3.26. The Morgan fingerprint density at radius 1 is 1.57 bits per heavy atom. The number of hydrogen-bond donors (Lipinski definition) is 0. The SMILES string of the molecule is CC[C@@]1(C)OC(=O)c2ccc(Cl)nc21. The van der Waals surface area contributed by atoms with Gasteiger partial charge in [-0.1, -0.05) is 18.5 Å². The molecule has 0 spiro atoms. The van der Waals surface area contributed by atoms with Gasteiger partial charge in [0.2, 0.25) is 0 Å². The van der Waals surface area contributed by atoms with Crippen molar-refractivity contribution in [2.75, 3.05) is 0 Å². The van der Waals surface area contributed by atoms with Crippen molar-refractivity contribution >= 4 is 17.6 Å². The average molecular weight is 212 g/mol. The fourth-order valence-corrected chi connectivity index (χ4v) is 1.70. The standard InChI is InChI=1S/C10H10ClNO2/c1-3-10(2)8-6(9(13)14-10)4-5-7(11)12-8/h4-5H,3H2,1-2H3/t10-/m1/s1. The Morgan fingerprint density at radius 2 is 2.29 bits per heavy atom. The van der Waals surface area contributed by atoms with Crippen molar-refractivity contribution < 1.29 is 9.53 Å². The number of pyridine rings is 1. The fourth-order valence-electron chi connectivity index (χ4n) is 1.55. The zero-order valence-corrected chi connectivity index (χ0v) is 8.76. The predicted octanol–water partition coefficient (Wildman–Crippen LogP) is 2.53. The van der Waals surface area contributed by atoms with Crippen LogP contribution in [0, 0.1) is 0 Å². The van der Waals surface area contributed by atoms with Crippen LogP contribution in [0.4, 0.5) is 0 Å². The molecule has 0 unspecified atom stereocenters. The van der Waals surface area contributed by atoms with E-state index in [-0.39, 0.29) is 5.97 Å². The van der Waals surface area contributed by atoms with Gasteiger partial charge in [0.05, 0.1) is 5.56 Å². The van der Waals surface area contributed by atoms with Gasteiger partial charge in [0.15, 0.2) is 5.60 Å². The minimum atomic E-state index is -0.614. The van der Waals surface area contributed by atoms with E-state index in [4.69, 9.17) is 16.3 Å². The number of fused-ring (bicyclic) bond motifs is 1. The van der Waals surface area contributed by atoms with Gasteiger partial charge in [0.1, 0.15) is 10.8 Å². The van der Waals surface area contributed by atoms with E-state index < -0.39 is 5.60 Å². The topological polar surface area (TPSA) is 39.2 Å². The lowest BCUT2D eigenvalue weighted by Crippen LogP contribution is -2.21. The zero-order valence-electron chi connectivity index (χ0n) is 8.00. The first-order valence-electron chi connectivity index (χ1n) is 4.47. The van der Waals surface area contributed by atoms with Crippen molar-refractivity contribution in [2.24, 2.45) is 0 Å². The quantitative estimate of drug-likeness (QED) is 0.529. The summed E-state index contributed by atoms with van der Waals surface area (Å²) < 4.78 is 5.26. The molecule has 2 heterocycles. The van der Waals surface area contributed by atoms with Gasteiger partial charge < -0.3 is 4.74 Å². The molecule has 1 aliphatic heterocycles. The highest BCUT2D eigenvalue weighted by Crippen LogP contribution is 2.37. The second-order valence-electron chi connectivity index (χ2n) is 3.50. The highest BCUT2D eigenvalue weighted by atomic mass is 35.5. The van der Waals surface area contributed by atoms with Crippen molar-refractivity contribution in [3.63, 3.8) is 0 Å². The molecular weight excluding hydrogens is 202 g/mol. The van der Waals surface area contributed by atoms with Crippen LogP contribution in [0.25, 0.3) is 0 Å². The molecule has 0 aromatic carbocycles. The van der Waals surface area contributed by atoms with Gasteiger partial charge in [-0.25, -0.2) is 9.78 Å². The summed E-state index contributed by atoms with van der Waals surface area (Å²) in [7, 11) is 0. The lowest BCUT2D eigenvalue weighted by atomic mass is 9.97. The van der Waals surface area contributed by atoms with E-state index >= 15 is 0 Å². The molecule has 3 nitrogen and oxygen atoms in total. The third kappa shape index (κ3) is 1.20. The number of aromatic nitrogens is 1. The van der Waals surface area contributed by atoms with Gasteiger partial charge in [-0.15, -0.1) is 0 Å². The first kappa shape index (κ1) is 9.46. The molecule has 14 heavy (non-hydrogen) atoms. The summed E-state index contributed by atoms with van der Waals surface area (Å²) >= 11 is 5.78. The molecule has 1 aromatic heterocycles. The number of esters is 1. The van der Waals surface area contributed by atoms with E-state index in [1.54, 1.807) is 12.1 Å². The van der Waals surface area contributed by atoms with E-state index in [0.29, 0.717) is 22.8 Å². The zero-order chi connectivity index (χ0) is 10.3. The Labute approximate surface area is 87.0 Å². The number of hydrogen-bond acceptors (Lipinski definition) is 3. The number of nitrogens with zero attached hydrogens (tertiary/aromatic N) is 1. The van der Waals surface area contributed by atoms with Crippen LogP contribution in [0.15, 0.2) is 12.1 Å². The minimum absolute atomic E-state index is 0.312. The molecule has 0 saturated carbocycles. The van der Waals surface area contributed by atoms with Crippen molar-refractivity contribution in [3.05, 3.63) is 28.5 Å². The molecular formula is C10H10ClNO2. The normalized spacial score (nSPS) is 24.6. The molecule has 0 fully saturated rings. The Hall–Kier alpha value is -1.09. The predicted molar refractivity (Wildman–Crippen MR) is 52.3 cm³/mol. The van der Waals surface area contributed by atoms with Gasteiger partial charge in [-0.2, -0.15) is 0 Å². The van der Waals surface area contributed by atoms with E-state index in [1.165, 1.54) is 0 Å². The molecule has 1 aliphatic rings.